The Bertz CT molecular complexity index is 1240. The fraction of sp³-hybridized carbons (Fsp3) is 0.125. The average molecular weight is 453 g/mol. The Morgan fingerprint density at radius 2 is 1.76 bits per heavy atom. The summed E-state index contributed by atoms with van der Waals surface area (Å²) < 4.78 is 44.9. The lowest BCUT2D eigenvalue weighted by Crippen LogP contribution is -2.42. The molecule has 1 atom stereocenters. The van der Waals surface area contributed by atoms with Crippen molar-refractivity contribution in [3.8, 4) is 5.75 Å². The summed E-state index contributed by atoms with van der Waals surface area (Å²) in [5, 5.41) is 5.22. The summed E-state index contributed by atoms with van der Waals surface area (Å²) in [5.41, 5.74) is 0.544. The third kappa shape index (κ3) is 4.72. The highest BCUT2D eigenvalue weighted by Crippen LogP contribution is 2.31. The van der Waals surface area contributed by atoms with Crippen LogP contribution in [0.4, 0.5) is 18.9 Å². The first-order valence-corrected chi connectivity index (χ1v) is 9.87. The van der Waals surface area contributed by atoms with E-state index in [0.29, 0.717) is 17.0 Å². The van der Waals surface area contributed by atoms with Gasteiger partial charge in [0.05, 0.1) is 24.1 Å². The van der Waals surface area contributed by atoms with Crippen molar-refractivity contribution >= 4 is 23.2 Å². The highest BCUT2D eigenvalue weighted by atomic mass is 19.4. The second-order valence-corrected chi connectivity index (χ2v) is 7.20. The van der Waals surface area contributed by atoms with E-state index in [2.05, 4.69) is 15.6 Å². The molecule has 0 radical (unpaired) electrons. The van der Waals surface area contributed by atoms with Crippen molar-refractivity contribution in [2.75, 3.05) is 12.4 Å². The summed E-state index contributed by atoms with van der Waals surface area (Å²) in [6, 6.07) is 17.5. The smallest absolute Gasteiger partial charge is 0.416 e. The van der Waals surface area contributed by atoms with E-state index < -0.39 is 29.7 Å². The number of alkyl halides is 3. The molecule has 3 aromatic rings. The molecule has 33 heavy (non-hydrogen) atoms. The first-order chi connectivity index (χ1) is 15.8. The first-order valence-electron chi connectivity index (χ1n) is 9.87. The van der Waals surface area contributed by atoms with Gasteiger partial charge in [-0.2, -0.15) is 13.2 Å². The van der Waals surface area contributed by atoms with Gasteiger partial charge in [0.1, 0.15) is 5.75 Å². The molecule has 1 aliphatic rings. The topological polar surface area (TPSA) is 79.8 Å². The van der Waals surface area contributed by atoms with Crippen LogP contribution in [-0.2, 0) is 11.0 Å². The molecular formula is C24H18F3N3O3. The highest BCUT2D eigenvalue weighted by molar-refractivity contribution is 6.20. The van der Waals surface area contributed by atoms with Gasteiger partial charge in [-0.05, 0) is 42.5 Å². The van der Waals surface area contributed by atoms with Crippen LogP contribution in [0.1, 0.15) is 27.0 Å². The van der Waals surface area contributed by atoms with Crippen molar-refractivity contribution < 1.29 is 27.5 Å². The molecule has 168 valence electrons. The van der Waals surface area contributed by atoms with Crippen molar-refractivity contribution in [3.63, 3.8) is 0 Å². The molecular weight excluding hydrogens is 435 g/mol. The van der Waals surface area contributed by atoms with E-state index in [-0.39, 0.29) is 16.8 Å². The van der Waals surface area contributed by atoms with Crippen molar-refractivity contribution in [1.29, 1.82) is 0 Å². The molecule has 0 saturated carbocycles. The van der Waals surface area contributed by atoms with Gasteiger partial charge in [-0.25, -0.2) is 4.99 Å². The van der Waals surface area contributed by atoms with Gasteiger partial charge < -0.3 is 15.4 Å². The number of hydrogen-bond donors (Lipinski definition) is 2. The standard InChI is InChI=1S/C24H18F3N3O3/c1-33-17-11-9-14(10-12-17)22(31)30-21-23(32)28-19-8-3-2-7-18(19)20(29-21)15-5-4-6-16(13-15)24(25,26)27/h2-13,21H,1H3,(H,28,32)(H,30,31). The number of benzodiazepines with no additional fused rings is 1. The van der Waals surface area contributed by atoms with Gasteiger partial charge in [-0.15, -0.1) is 0 Å². The minimum absolute atomic E-state index is 0.148. The van der Waals surface area contributed by atoms with Gasteiger partial charge in [0, 0.05) is 16.7 Å². The molecule has 0 spiro atoms. The number of aliphatic imine (C=N–C) groups is 1. The van der Waals surface area contributed by atoms with Crippen LogP contribution in [0.5, 0.6) is 5.75 Å². The molecule has 0 bridgehead atoms. The van der Waals surface area contributed by atoms with Gasteiger partial charge in [-0.1, -0.05) is 30.3 Å². The highest BCUT2D eigenvalue weighted by Gasteiger charge is 2.32. The Balaban J connectivity index is 1.74. The van der Waals surface area contributed by atoms with Gasteiger partial charge >= 0.3 is 6.18 Å². The number of nitrogens with one attached hydrogen (secondary N) is 2. The van der Waals surface area contributed by atoms with Gasteiger partial charge in [0.2, 0.25) is 6.17 Å². The van der Waals surface area contributed by atoms with E-state index in [1.165, 1.54) is 31.4 Å². The maximum Gasteiger partial charge on any atom is 0.416 e. The predicted octanol–water partition coefficient (Wildman–Crippen LogP) is 4.26. The summed E-state index contributed by atoms with van der Waals surface area (Å²) in [6.07, 6.45) is -5.91. The van der Waals surface area contributed by atoms with E-state index >= 15 is 0 Å². The lowest BCUT2D eigenvalue weighted by Gasteiger charge is -2.14. The van der Waals surface area contributed by atoms with E-state index in [9.17, 15) is 22.8 Å². The summed E-state index contributed by atoms with van der Waals surface area (Å²) in [7, 11) is 1.49. The maximum absolute atomic E-state index is 13.3. The average Bonchev–Trinajstić information content (AvgIpc) is 2.95. The molecule has 4 rings (SSSR count). The normalized spacial score (nSPS) is 15.6. The number of methoxy groups -OCH3 is 1. The zero-order chi connectivity index (χ0) is 23.6. The van der Waals surface area contributed by atoms with Crippen LogP contribution in [0.25, 0.3) is 0 Å². The Labute approximate surface area is 187 Å². The number of anilines is 1. The second-order valence-electron chi connectivity index (χ2n) is 7.20. The lowest BCUT2D eigenvalue weighted by atomic mass is 9.99. The minimum Gasteiger partial charge on any atom is -0.497 e. The number of carbonyl (C=O) groups excluding carboxylic acids is 2. The molecule has 9 heteroatoms. The Hall–Kier alpha value is -4.14. The molecule has 0 fully saturated rings. The predicted molar refractivity (Wildman–Crippen MR) is 116 cm³/mol. The number of halogens is 3. The van der Waals surface area contributed by atoms with E-state index in [1.807, 2.05) is 0 Å². The Morgan fingerprint density at radius 1 is 1.03 bits per heavy atom. The molecule has 0 saturated heterocycles. The van der Waals surface area contributed by atoms with Crippen LogP contribution in [0.2, 0.25) is 0 Å². The largest absolute Gasteiger partial charge is 0.497 e. The Kier molecular flexibility index (Phi) is 5.87. The van der Waals surface area contributed by atoms with Crippen molar-refractivity contribution in [2.24, 2.45) is 4.99 Å². The molecule has 1 heterocycles. The second kappa shape index (κ2) is 8.78. The lowest BCUT2D eigenvalue weighted by molar-refractivity contribution is -0.137. The van der Waals surface area contributed by atoms with Crippen LogP contribution in [-0.4, -0.2) is 30.8 Å². The number of benzene rings is 3. The minimum atomic E-state index is -4.54. The third-order valence-corrected chi connectivity index (χ3v) is 5.03. The quantitative estimate of drug-likeness (QED) is 0.620. The summed E-state index contributed by atoms with van der Waals surface area (Å²) in [5.74, 6) is -0.638. The van der Waals surface area contributed by atoms with Crippen LogP contribution in [0.15, 0.2) is 77.8 Å². The molecule has 0 aliphatic carbocycles. The van der Waals surface area contributed by atoms with Crippen molar-refractivity contribution in [1.82, 2.24) is 5.32 Å². The van der Waals surface area contributed by atoms with E-state index in [4.69, 9.17) is 4.74 Å². The zero-order valence-electron chi connectivity index (χ0n) is 17.3. The summed E-state index contributed by atoms with van der Waals surface area (Å²) in [6.45, 7) is 0. The zero-order valence-corrected chi connectivity index (χ0v) is 17.3. The Morgan fingerprint density at radius 3 is 2.45 bits per heavy atom. The molecule has 2 amide bonds. The number of para-hydroxylation sites is 1. The van der Waals surface area contributed by atoms with Gasteiger partial charge in [-0.3, -0.25) is 9.59 Å². The van der Waals surface area contributed by atoms with E-state index in [0.717, 1.165) is 12.1 Å². The van der Waals surface area contributed by atoms with Crippen LogP contribution in [0.3, 0.4) is 0 Å². The number of ether oxygens (including phenoxy) is 1. The van der Waals surface area contributed by atoms with Gasteiger partial charge in [0.15, 0.2) is 0 Å². The molecule has 6 nitrogen and oxygen atoms in total. The summed E-state index contributed by atoms with van der Waals surface area (Å²) >= 11 is 0. The number of carbonyl (C=O) groups is 2. The molecule has 2 N–H and O–H groups in total. The van der Waals surface area contributed by atoms with Crippen molar-refractivity contribution in [2.45, 2.75) is 12.3 Å². The molecule has 1 aliphatic heterocycles. The number of amides is 2. The molecule has 3 aromatic carbocycles. The molecule has 1 unspecified atom stereocenters. The van der Waals surface area contributed by atoms with Crippen molar-refractivity contribution in [3.05, 3.63) is 95.1 Å². The first kappa shape index (κ1) is 22.1. The number of nitrogens with zero attached hydrogens (tertiary/aromatic N) is 1. The van der Waals surface area contributed by atoms with Crippen LogP contribution in [0, 0.1) is 0 Å². The third-order valence-electron chi connectivity index (χ3n) is 5.03. The maximum atomic E-state index is 13.3. The number of rotatable bonds is 4. The SMILES string of the molecule is COc1ccc(C(=O)NC2N=C(c3cccc(C(F)(F)F)c3)c3ccccc3NC2=O)cc1. The van der Waals surface area contributed by atoms with Crippen LogP contribution < -0.4 is 15.4 Å². The number of hydrogen-bond acceptors (Lipinski definition) is 4. The van der Waals surface area contributed by atoms with Gasteiger partial charge in [0.25, 0.3) is 11.8 Å². The summed E-state index contributed by atoms with van der Waals surface area (Å²) in [4.78, 5) is 29.9. The fourth-order valence-corrected chi connectivity index (χ4v) is 3.38. The van der Waals surface area contributed by atoms with E-state index in [1.54, 1.807) is 36.4 Å². The number of fused-ring (bicyclic) bond motifs is 1. The fourth-order valence-electron chi connectivity index (χ4n) is 3.38. The van der Waals surface area contributed by atoms with Crippen LogP contribution >= 0.6 is 0 Å². The monoisotopic (exact) mass is 453 g/mol. The molecule has 0 aromatic heterocycles.